The molecule has 0 N–H and O–H groups in total. The molecular formula is C44H89NO6P+. The van der Waals surface area contributed by atoms with E-state index in [2.05, 4.69) is 35.0 Å². The minimum absolute atomic E-state index is 0.0333. The van der Waals surface area contributed by atoms with Gasteiger partial charge in [0.25, 0.3) is 0 Å². The number of carbonyl (C=O) groups is 2. The summed E-state index contributed by atoms with van der Waals surface area (Å²) in [5, 5.41) is 0. The van der Waals surface area contributed by atoms with Gasteiger partial charge in [0.2, 0.25) is 0 Å². The molecule has 0 saturated heterocycles. The fraction of sp³-hybridized carbons (Fsp3) is 0.955. The summed E-state index contributed by atoms with van der Waals surface area (Å²) in [6.45, 7) is 6.23. The van der Waals surface area contributed by atoms with Crippen molar-refractivity contribution in [3.05, 3.63) is 0 Å². The minimum Gasteiger partial charge on any atom is -0.462 e. The maximum absolute atomic E-state index is 12.7. The predicted octanol–water partition coefficient (Wildman–Crippen LogP) is 13.2. The molecule has 2 unspecified atom stereocenters. The van der Waals surface area contributed by atoms with Gasteiger partial charge in [-0.3, -0.25) is 9.59 Å². The molecule has 0 radical (unpaired) electrons. The number of rotatable bonds is 42. The molecule has 0 aromatic carbocycles. The van der Waals surface area contributed by atoms with Crippen LogP contribution in [0.1, 0.15) is 219 Å². The van der Waals surface area contributed by atoms with E-state index in [1.165, 1.54) is 167 Å². The van der Waals surface area contributed by atoms with Gasteiger partial charge in [0.1, 0.15) is 19.8 Å². The summed E-state index contributed by atoms with van der Waals surface area (Å²) in [5.74, 6) is -0.462. The van der Waals surface area contributed by atoms with Crippen molar-refractivity contribution < 1.29 is 32.6 Å². The molecule has 0 fully saturated rings. The summed E-state index contributed by atoms with van der Waals surface area (Å²) in [4.78, 5) is 25.1. The van der Waals surface area contributed by atoms with Crippen LogP contribution in [0.4, 0.5) is 0 Å². The van der Waals surface area contributed by atoms with E-state index in [-0.39, 0.29) is 34.2 Å². The lowest BCUT2D eigenvalue weighted by atomic mass is 10.0. The zero-order valence-electron chi connectivity index (χ0n) is 35.4. The Hall–Kier alpha value is -0.750. The number of hydrogen-bond acceptors (Lipinski definition) is 6. The van der Waals surface area contributed by atoms with Crippen LogP contribution in [0.25, 0.3) is 0 Å². The van der Waals surface area contributed by atoms with Gasteiger partial charge in [-0.25, -0.2) is 0 Å². The Kier molecular flexibility index (Phi) is 39.4. The molecule has 0 heterocycles. The predicted molar refractivity (Wildman–Crippen MR) is 223 cm³/mol. The molecule has 310 valence electrons. The molecule has 0 aliphatic rings. The van der Waals surface area contributed by atoms with Crippen molar-refractivity contribution in [3.63, 3.8) is 0 Å². The van der Waals surface area contributed by atoms with Crippen molar-refractivity contribution >= 4 is 21.0 Å². The smallest absolute Gasteiger partial charge is 0.306 e. The summed E-state index contributed by atoms with van der Waals surface area (Å²) in [6.07, 6.45) is 39.0. The molecule has 7 nitrogen and oxygen atoms in total. The van der Waals surface area contributed by atoms with Crippen LogP contribution >= 0.6 is 9.03 Å². The highest BCUT2D eigenvalue weighted by Gasteiger charge is 2.18. The fourth-order valence-corrected chi connectivity index (χ4v) is 6.94. The molecule has 8 heteroatoms. The van der Waals surface area contributed by atoms with Gasteiger partial charge in [-0.05, 0) is 12.8 Å². The minimum atomic E-state index is -0.608. The molecule has 52 heavy (non-hydrogen) atoms. The summed E-state index contributed by atoms with van der Waals surface area (Å²) in [7, 11) is 6.22. The summed E-state index contributed by atoms with van der Waals surface area (Å²) < 4.78 is 23.4. The van der Waals surface area contributed by atoms with E-state index < -0.39 is 6.10 Å². The standard InChI is InChI=1S/C44H89NO6P/c1-6-8-10-12-14-16-18-20-22-24-26-28-30-32-34-36-43(46)48-40-42(41-50-52-49-39-38-45(3,4)5)51-44(47)37-35-33-31-29-27-25-23-21-19-17-15-13-11-9-7-2/h42,52H,6-41H2,1-5H3/q+1. The Morgan fingerprint density at radius 3 is 1.17 bits per heavy atom. The van der Waals surface area contributed by atoms with Gasteiger partial charge in [0.05, 0.1) is 27.7 Å². The molecule has 0 aromatic heterocycles. The van der Waals surface area contributed by atoms with E-state index in [1.54, 1.807) is 0 Å². The highest BCUT2D eigenvalue weighted by molar-refractivity contribution is 7.26. The van der Waals surface area contributed by atoms with Gasteiger partial charge >= 0.3 is 11.9 Å². The average molecular weight is 759 g/mol. The fourth-order valence-electron chi connectivity index (χ4n) is 6.43. The van der Waals surface area contributed by atoms with Crippen molar-refractivity contribution in [3.8, 4) is 0 Å². The SMILES string of the molecule is CCCCCCCCCCCCCCCCCC(=O)OCC(COPOCC[N+](C)(C)C)OC(=O)CCCCCCCCCCCCCCCCC. The quantitative estimate of drug-likeness (QED) is 0.0267. The van der Waals surface area contributed by atoms with E-state index in [4.69, 9.17) is 18.5 Å². The van der Waals surface area contributed by atoms with Crippen LogP contribution < -0.4 is 0 Å². The number of esters is 2. The second kappa shape index (κ2) is 39.9. The molecular weight excluding hydrogens is 669 g/mol. The highest BCUT2D eigenvalue weighted by Crippen LogP contribution is 2.18. The van der Waals surface area contributed by atoms with Crippen molar-refractivity contribution in [2.45, 2.75) is 225 Å². The summed E-state index contributed by atoms with van der Waals surface area (Å²) in [5.41, 5.74) is 0. The first-order valence-corrected chi connectivity index (χ1v) is 23.2. The van der Waals surface area contributed by atoms with Gasteiger partial charge in [-0.15, -0.1) is 0 Å². The number of carbonyl (C=O) groups excluding carboxylic acids is 2. The molecule has 0 aliphatic carbocycles. The number of ether oxygens (including phenoxy) is 2. The number of unbranched alkanes of at least 4 members (excludes halogenated alkanes) is 28. The Labute approximate surface area is 325 Å². The normalized spacial score (nSPS) is 12.6. The molecule has 2 atom stereocenters. The van der Waals surface area contributed by atoms with Crippen molar-refractivity contribution in [2.24, 2.45) is 0 Å². The van der Waals surface area contributed by atoms with Crippen molar-refractivity contribution in [2.75, 3.05) is 47.5 Å². The molecule has 0 amide bonds. The van der Waals surface area contributed by atoms with E-state index >= 15 is 0 Å². The zero-order chi connectivity index (χ0) is 38.2. The van der Waals surface area contributed by atoms with E-state index in [9.17, 15) is 9.59 Å². The van der Waals surface area contributed by atoms with Crippen LogP contribution in [-0.2, 0) is 28.1 Å². The number of hydrogen-bond donors (Lipinski definition) is 0. The van der Waals surface area contributed by atoms with Gasteiger partial charge in [-0.1, -0.05) is 194 Å². The second-order valence-electron chi connectivity index (χ2n) is 16.5. The molecule has 0 rings (SSSR count). The van der Waals surface area contributed by atoms with Gasteiger partial charge in [0.15, 0.2) is 15.1 Å². The van der Waals surface area contributed by atoms with Gasteiger partial charge in [0, 0.05) is 12.8 Å². The molecule has 0 bridgehead atoms. The molecule has 0 saturated carbocycles. The van der Waals surface area contributed by atoms with Crippen molar-refractivity contribution in [1.82, 2.24) is 0 Å². The monoisotopic (exact) mass is 759 g/mol. The van der Waals surface area contributed by atoms with E-state index in [0.717, 1.165) is 36.7 Å². The zero-order valence-corrected chi connectivity index (χ0v) is 36.4. The third-order valence-corrected chi connectivity index (χ3v) is 10.6. The second-order valence-corrected chi connectivity index (χ2v) is 17.2. The Balaban J connectivity index is 4.07. The third kappa shape index (κ3) is 42.0. The molecule has 0 aromatic rings. The highest BCUT2D eigenvalue weighted by atomic mass is 31.1. The maximum Gasteiger partial charge on any atom is 0.306 e. The third-order valence-electron chi connectivity index (χ3n) is 9.95. The lowest BCUT2D eigenvalue weighted by Crippen LogP contribution is -2.37. The largest absolute Gasteiger partial charge is 0.462 e. The summed E-state index contributed by atoms with van der Waals surface area (Å²) in [6, 6.07) is 0. The van der Waals surface area contributed by atoms with Crippen LogP contribution in [-0.4, -0.2) is 70.0 Å². The number of quaternary nitrogens is 1. The topological polar surface area (TPSA) is 71.1 Å². The van der Waals surface area contributed by atoms with Gasteiger partial charge in [-0.2, -0.15) is 0 Å². The van der Waals surface area contributed by atoms with Crippen LogP contribution in [0.15, 0.2) is 0 Å². The number of nitrogens with zero attached hydrogens (tertiary/aromatic N) is 1. The Morgan fingerprint density at radius 2 is 0.808 bits per heavy atom. The number of likely N-dealkylation sites (N-methyl/N-ethyl adjacent to an activating group) is 1. The van der Waals surface area contributed by atoms with Gasteiger partial charge < -0.3 is 23.0 Å². The van der Waals surface area contributed by atoms with Crippen LogP contribution in [0, 0.1) is 0 Å². The van der Waals surface area contributed by atoms with Crippen molar-refractivity contribution in [1.29, 1.82) is 0 Å². The lowest BCUT2D eigenvalue weighted by Gasteiger charge is -2.23. The molecule has 0 spiro atoms. The van der Waals surface area contributed by atoms with Crippen LogP contribution in [0.5, 0.6) is 0 Å². The Morgan fingerprint density at radius 1 is 0.462 bits per heavy atom. The first kappa shape index (κ1) is 51.2. The van der Waals surface area contributed by atoms with Crippen LogP contribution in [0.2, 0.25) is 0 Å². The lowest BCUT2D eigenvalue weighted by molar-refractivity contribution is -0.870. The van der Waals surface area contributed by atoms with E-state index in [0.29, 0.717) is 19.4 Å². The summed E-state index contributed by atoms with van der Waals surface area (Å²) >= 11 is 0. The van der Waals surface area contributed by atoms with E-state index in [1.807, 2.05) is 0 Å². The average Bonchev–Trinajstić information content (AvgIpc) is 3.11. The Bertz CT molecular complexity index is 762. The first-order valence-electron chi connectivity index (χ1n) is 22.4. The first-order chi connectivity index (χ1) is 25.3. The maximum atomic E-state index is 12.7. The van der Waals surface area contributed by atoms with Crippen LogP contribution in [0.3, 0.4) is 0 Å². The molecule has 0 aliphatic heterocycles.